The maximum Gasteiger partial charge on any atom is 0.118 e. The molecule has 12 heavy (non-hydrogen) atoms. The molecule has 0 spiro atoms. The Morgan fingerprint density at radius 2 is 1.92 bits per heavy atom. The molecule has 1 aromatic carbocycles. The number of allylic oxidation sites excluding steroid dienone is 1. The lowest BCUT2D eigenvalue weighted by atomic mass is 10.2. The van der Waals surface area contributed by atoms with E-state index >= 15 is 0 Å². The number of methoxy groups -OCH3 is 1. The van der Waals surface area contributed by atoms with Crippen molar-refractivity contribution in [3.63, 3.8) is 0 Å². The zero-order valence-corrected chi connectivity index (χ0v) is 9.33. The third kappa shape index (κ3) is 2.85. The Hall–Kier alpha value is -0.510. The molecule has 64 valence electrons. The number of benzene rings is 1. The molecule has 0 radical (unpaired) electrons. The maximum atomic E-state index is 5.05. The van der Waals surface area contributed by atoms with Gasteiger partial charge in [-0.2, -0.15) is 0 Å². The van der Waals surface area contributed by atoms with Gasteiger partial charge in [0.25, 0.3) is 0 Å². The summed E-state index contributed by atoms with van der Waals surface area (Å²) < 4.78 is 6.33. The van der Waals surface area contributed by atoms with Crippen molar-refractivity contribution >= 4 is 28.7 Å². The number of hydrogen-bond acceptors (Lipinski definition) is 1. The zero-order valence-electron chi connectivity index (χ0n) is 7.17. The third-order valence-corrected chi connectivity index (χ3v) is 1.79. The first-order valence-electron chi connectivity index (χ1n) is 3.70. The highest BCUT2D eigenvalue weighted by atomic mass is 127. The maximum absolute atomic E-state index is 5.05. The summed E-state index contributed by atoms with van der Waals surface area (Å²) in [6, 6.07) is 8.01. The first-order valence-corrected chi connectivity index (χ1v) is 4.78. The van der Waals surface area contributed by atoms with Gasteiger partial charge >= 0.3 is 0 Å². The molecule has 0 heterocycles. The van der Waals surface area contributed by atoms with Crippen molar-refractivity contribution in [1.82, 2.24) is 0 Å². The summed E-state index contributed by atoms with van der Waals surface area (Å²) in [5.41, 5.74) is 1.21. The smallest absolute Gasteiger partial charge is 0.118 e. The van der Waals surface area contributed by atoms with Gasteiger partial charge in [0.15, 0.2) is 0 Å². The molecule has 0 unspecified atom stereocenters. The molecule has 0 saturated heterocycles. The van der Waals surface area contributed by atoms with E-state index in [9.17, 15) is 0 Å². The SMILES string of the molecule is COc1ccc(/C=C(\C)I)cc1. The molecule has 0 aliphatic rings. The molecule has 1 nitrogen and oxygen atoms in total. The second kappa shape index (κ2) is 4.50. The van der Waals surface area contributed by atoms with Crippen LogP contribution in [0.25, 0.3) is 6.08 Å². The number of rotatable bonds is 2. The molecule has 0 fully saturated rings. The molecule has 0 aliphatic carbocycles. The molecular formula is C10H11IO. The average Bonchev–Trinajstić information content (AvgIpc) is 2.05. The fraction of sp³-hybridized carbons (Fsp3) is 0.200. The summed E-state index contributed by atoms with van der Waals surface area (Å²) >= 11 is 2.29. The molecule has 0 atom stereocenters. The number of ether oxygens (including phenoxy) is 1. The average molecular weight is 274 g/mol. The molecule has 2 heteroatoms. The second-order valence-electron chi connectivity index (χ2n) is 2.50. The summed E-state index contributed by atoms with van der Waals surface area (Å²) in [6.45, 7) is 2.07. The molecule has 1 rings (SSSR count). The Morgan fingerprint density at radius 3 is 2.33 bits per heavy atom. The lowest BCUT2D eigenvalue weighted by Gasteiger charge is -1.99. The van der Waals surface area contributed by atoms with Crippen molar-refractivity contribution in [3.8, 4) is 5.75 Å². The lowest BCUT2D eigenvalue weighted by Crippen LogP contribution is -1.81. The fourth-order valence-corrected chi connectivity index (χ4v) is 1.29. The third-order valence-electron chi connectivity index (χ3n) is 1.48. The lowest BCUT2D eigenvalue weighted by molar-refractivity contribution is 0.415. The molecule has 0 N–H and O–H groups in total. The van der Waals surface area contributed by atoms with Crippen molar-refractivity contribution in [2.75, 3.05) is 7.11 Å². The minimum absolute atomic E-state index is 0.901. The Kier molecular flexibility index (Phi) is 3.59. The highest BCUT2D eigenvalue weighted by molar-refractivity contribution is 14.1. The van der Waals surface area contributed by atoms with Crippen LogP contribution in [0.5, 0.6) is 5.75 Å². The van der Waals surface area contributed by atoms with E-state index in [4.69, 9.17) is 4.74 Å². The van der Waals surface area contributed by atoms with Gasteiger partial charge in [0.2, 0.25) is 0 Å². The van der Waals surface area contributed by atoms with Gasteiger partial charge in [0.1, 0.15) is 5.75 Å². The molecule has 0 bridgehead atoms. The van der Waals surface area contributed by atoms with Gasteiger partial charge in [0, 0.05) is 0 Å². The van der Waals surface area contributed by atoms with Crippen LogP contribution in [0.4, 0.5) is 0 Å². The van der Waals surface area contributed by atoms with Crippen molar-refractivity contribution in [2.45, 2.75) is 6.92 Å². The van der Waals surface area contributed by atoms with Crippen LogP contribution in [0.1, 0.15) is 12.5 Å². The Bertz CT molecular complexity index is 270. The van der Waals surface area contributed by atoms with E-state index in [1.807, 2.05) is 24.3 Å². The van der Waals surface area contributed by atoms with Gasteiger partial charge in [-0.15, -0.1) is 0 Å². The first-order chi connectivity index (χ1) is 5.72. The molecule has 1 aromatic rings. The summed E-state index contributed by atoms with van der Waals surface area (Å²) in [7, 11) is 1.68. The van der Waals surface area contributed by atoms with E-state index in [2.05, 4.69) is 35.6 Å². The first kappa shape index (κ1) is 9.58. The van der Waals surface area contributed by atoms with Crippen molar-refractivity contribution in [3.05, 3.63) is 33.4 Å². The summed E-state index contributed by atoms with van der Waals surface area (Å²) in [4.78, 5) is 0. The number of halogens is 1. The largest absolute Gasteiger partial charge is 0.497 e. The van der Waals surface area contributed by atoms with Crippen LogP contribution in [0.2, 0.25) is 0 Å². The normalized spacial score (nSPS) is 11.4. The van der Waals surface area contributed by atoms with E-state index in [1.165, 1.54) is 9.14 Å². The van der Waals surface area contributed by atoms with Gasteiger partial charge in [0.05, 0.1) is 7.11 Å². The second-order valence-corrected chi connectivity index (χ2v) is 4.21. The minimum Gasteiger partial charge on any atom is -0.497 e. The standard InChI is InChI=1S/C10H11IO/c1-8(11)7-9-3-5-10(12-2)6-4-9/h3-7H,1-2H3/b8-7+. The Morgan fingerprint density at radius 1 is 1.33 bits per heavy atom. The zero-order chi connectivity index (χ0) is 8.97. The quantitative estimate of drug-likeness (QED) is 0.750. The summed E-state index contributed by atoms with van der Waals surface area (Å²) in [6.07, 6.45) is 2.12. The topological polar surface area (TPSA) is 9.23 Å². The predicted octanol–water partition coefficient (Wildman–Crippen LogP) is 3.49. The van der Waals surface area contributed by atoms with E-state index in [0.717, 1.165) is 5.75 Å². The van der Waals surface area contributed by atoms with E-state index in [-0.39, 0.29) is 0 Å². The molecule has 0 aliphatic heterocycles. The molecular weight excluding hydrogens is 263 g/mol. The van der Waals surface area contributed by atoms with E-state index in [0.29, 0.717) is 0 Å². The van der Waals surface area contributed by atoms with Crippen LogP contribution in [-0.4, -0.2) is 7.11 Å². The van der Waals surface area contributed by atoms with Crippen molar-refractivity contribution in [1.29, 1.82) is 0 Å². The molecule has 0 saturated carbocycles. The Balaban J connectivity index is 2.85. The van der Waals surface area contributed by atoms with Crippen molar-refractivity contribution < 1.29 is 4.74 Å². The highest BCUT2D eigenvalue weighted by Crippen LogP contribution is 2.15. The fourth-order valence-electron chi connectivity index (χ4n) is 0.930. The molecule has 0 aromatic heterocycles. The van der Waals surface area contributed by atoms with Gasteiger partial charge < -0.3 is 4.74 Å². The van der Waals surface area contributed by atoms with Gasteiger partial charge in [-0.1, -0.05) is 12.1 Å². The van der Waals surface area contributed by atoms with E-state index in [1.54, 1.807) is 7.11 Å². The van der Waals surface area contributed by atoms with Crippen LogP contribution in [0.3, 0.4) is 0 Å². The van der Waals surface area contributed by atoms with Gasteiger partial charge in [-0.05, 0) is 56.9 Å². The summed E-state index contributed by atoms with van der Waals surface area (Å²) in [5, 5.41) is 0. The van der Waals surface area contributed by atoms with Crippen LogP contribution in [0, 0.1) is 0 Å². The minimum atomic E-state index is 0.901. The monoisotopic (exact) mass is 274 g/mol. The van der Waals surface area contributed by atoms with E-state index < -0.39 is 0 Å². The number of hydrogen-bond donors (Lipinski definition) is 0. The van der Waals surface area contributed by atoms with Crippen LogP contribution in [-0.2, 0) is 0 Å². The summed E-state index contributed by atoms with van der Waals surface area (Å²) in [5.74, 6) is 0.901. The van der Waals surface area contributed by atoms with Crippen LogP contribution < -0.4 is 4.74 Å². The van der Waals surface area contributed by atoms with Gasteiger partial charge in [-0.25, -0.2) is 0 Å². The molecule has 0 amide bonds. The van der Waals surface area contributed by atoms with Crippen LogP contribution in [0.15, 0.2) is 27.8 Å². The highest BCUT2D eigenvalue weighted by Gasteiger charge is 1.90. The Labute approximate surface area is 86.6 Å². The van der Waals surface area contributed by atoms with Crippen molar-refractivity contribution in [2.24, 2.45) is 0 Å². The van der Waals surface area contributed by atoms with Crippen LogP contribution >= 0.6 is 22.6 Å². The predicted molar refractivity (Wildman–Crippen MR) is 60.7 cm³/mol. The van der Waals surface area contributed by atoms with Gasteiger partial charge in [-0.3, -0.25) is 0 Å².